The van der Waals surface area contributed by atoms with Gasteiger partial charge in [-0.15, -0.1) is 0 Å². The predicted molar refractivity (Wildman–Crippen MR) is 179 cm³/mol. The third-order valence-corrected chi connectivity index (χ3v) is 10.7. The molecule has 3 atom stereocenters. The summed E-state index contributed by atoms with van der Waals surface area (Å²) in [5, 5.41) is 10.0. The zero-order valence-electron chi connectivity index (χ0n) is 28.2. The number of aromatic nitrogens is 2. The number of benzene rings is 1. The van der Waals surface area contributed by atoms with E-state index >= 15 is 0 Å². The fourth-order valence-electron chi connectivity index (χ4n) is 8.65. The first kappa shape index (κ1) is 32.7. The van der Waals surface area contributed by atoms with E-state index in [0.29, 0.717) is 41.5 Å². The van der Waals surface area contributed by atoms with Crippen LogP contribution in [0.5, 0.6) is 0 Å². The van der Waals surface area contributed by atoms with Crippen molar-refractivity contribution in [3.63, 3.8) is 0 Å². The molecular weight excluding hydrogens is 547 g/mol. The Morgan fingerprint density at radius 3 is 2.57 bits per heavy atom. The minimum atomic E-state index is -0.551. The van der Waals surface area contributed by atoms with Gasteiger partial charge in [0, 0.05) is 54.7 Å². The Kier molecular flexibility index (Phi) is 9.90. The number of fused-ring (bicyclic) bond motifs is 3. The second kappa shape index (κ2) is 13.3. The maximum absolute atomic E-state index is 12.8. The first-order valence-corrected chi connectivity index (χ1v) is 17.3. The summed E-state index contributed by atoms with van der Waals surface area (Å²) in [7, 11) is 0. The lowest BCUT2D eigenvalue weighted by Gasteiger charge is -2.50. The molecule has 4 heterocycles. The molecular formula is C37H55FN6. The fraction of sp³-hybridized carbons (Fsp3) is 0.703. The zero-order chi connectivity index (χ0) is 31.6. The van der Waals surface area contributed by atoms with Gasteiger partial charge in [0.1, 0.15) is 23.9 Å². The van der Waals surface area contributed by atoms with Crippen LogP contribution >= 0.6 is 0 Å². The van der Waals surface area contributed by atoms with Crippen LogP contribution in [0.15, 0.2) is 12.1 Å². The van der Waals surface area contributed by atoms with Crippen molar-refractivity contribution in [2.45, 2.75) is 130 Å². The molecule has 4 aliphatic rings. The van der Waals surface area contributed by atoms with E-state index in [1.165, 1.54) is 43.2 Å². The molecule has 0 spiro atoms. The van der Waals surface area contributed by atoms with Gasteiger partial charge < -0.3 is 10.6 Å². The number of hydrogen-bond donors (Lipinski definition) is 1. The van der Waals surface area contributed by atoms with Crippen LogP contribution < -0.4 is 10.6 Å². The van der Waals surface area contributed by atoms with E-state index in [1.54, 1.807) is 0 Å². The second-order valence-corrected chi connectivity index (χ2v) is 15.2. The summed E-state index contributed by atoms with van der Waals surface area (Å²) in [6, 6.07) is 6.46. The summed E-state index contributed by atoms with van der Waals surface area (Å²) in [5.74, 6) is 3.15. The smallest absolute Gasteiger partial charge is 0.135 e. The Morgan fingerprint density at radius 2 is 1.89 bits per heavy atom. The lowest BCUT2D eigenvalue weighted by Crippen LogP contribution is -2.56. The Morgan fingerprint density at radius 1 is 1.11 bits per heavy atom. The molecule has 7 heteroatoms. The van der Waals surface area contributed by atoms with Gasteiger partial charge in [0.15, 0.2) is 0 Å². The normalized spacial score (nSPS) is 26.4. The van der Waals surface area contributed by atoms with Gasteiger partial charge in [-0.05, 0) is 87.4 Å². The van der Waals surface area contributed by atoms with Gasteiger partial charge in [0.25, 0.3) is 0 Å². The zero-order valence-corrected chi connectivity index (χ0v) is 28.2. The van der Waals surface area contributed by atoms with Crippen LogP contribution in [-0.4, -0.2) is 52.8 Å². The highest BCUT2D eigenvalue weighted by atomic mass is 19.1. The van der Waals surface area contributed by atoms with E-state index in [0.717, 1.165) is 74.6 Å². The molecule has 6 rings (SSSR count). The lowest BCUT2D eigenvalue weighted by atomic mass is 9.75. The van der Waals surface area contributed by atoms with Gasteiger partial charge >= 0.3 is 0 Å². The molecule has 1 aliphatic carbocycles. The van der Waals surface area contributed by atoms with E-state index in [-0.39, 0.29) is 5.54 Å². The van der Waals surface area contributed by atoms with Gasteiger partial charge in [0.2, 0.25) is 0 Å². The Labute approximate surface area is 265 Å². The standard InChI is InChI=1S/C29H41N5.C8H14FN/c1-6-27-32-26-14-23-21(12-13-25(31)24(23)16-30)20(4)10-8-7-9-11-22(26)28(33-27)34-17-29(5,18-34)15-19(2)3;1-8-3-2-4-10(8)6-7(9)5-8/h12-13,19-20H,6-11,14-15,17-18,31H2,1-5H3;7H,2-6H2,1H3. The van der Waals surface area contributed by atoms with Crippen molar-refractivity contribution >= 4 is 11.5 Å². The summed E-state index contributed by atoms with van der Waals surface area (Å²) >= 11 is 0. The minimum absolute atomic E-state index is 0.236. The molecule has 2 aromatic rings. The van der Waals surface area contributed by atoms with Gasteiger partial charge in [0.05, 0.1) is 11.3 Å². The van der Waals surface area contributed by atoms with Crippen LogP contribution in [0, 0.1) is 22.7 Å². The molecule has 44 heavy (non-hydrogen) atoms. The predicted octanol–water partition coefficient (Wildman–Crippen LogP) is 7.76. The van der Waals surface area contributed by atoms with Crippen molar-refractivity contribution in [2.24, 2.45) is 11.3 Å². The molecule has 1 aromatic carbocycles. The van der Waals surface area contributed by atoms with E-state index < -0.39 is 6.17 Å². The van der Waals surface area contributed by atoms with Crippen LogP contribution in [0.1, 0.15) is 133 Å². The first-order valence-electron chi connectivity index (χ1n) is 17.3. The lowest BCUT2D eigenvalue weighted by molar-refractivity contribution is 0.193. The molecule has 240 valence electrons. The number of alkyl halides is 1. The van der Waals surface area contributed by atoms with E-state index in [9.17, 15) is 9.65 Å². The maximum atomic E-state index is 12.8. The van der Waals surface area contributed by atoms with Crippen molar-refractivity contribution in [3.05, 3.63) is 45.9 Å². The summed E-state index contributed by atoms with van der Waals surface area (Å²) < 4.78 is 12.8. The molecule has 0 saturated carbocycles. The Bertz CT molecular complexity index is 1360. The number of nitrogen functional groups attached to an aromatic ring is 1. The number of aryl methyl sites for hydroxylation is 1. The molecule has 1 aromatic heterocycles. The molecule has 3 saturated heterocycles. The average Bonchev–Trinajstić information content (AvgIpc) is 3.43. The van der Waals surface area contributed by atoms with Gasteiger partial charge in [-0.1, -0.05) is 53.5 Å². The molecule has 3 fully saturated rings. The average molecular weight is 603 g/mol. The number of nitrogens with two attached hydrogens (primary N) is 1. The SMILES string of the molecule is CC12CCCN1CC(F)C2.CCc1nc2c(c(N3CC(C)(CC(C)C)C3)n1)CCCCCC(C)c1ccc(N)c(C#N)c1C2. The van der Waals surface area contributed by atoms with Crippen LogP contribution in [0.4, 0.5) is 15.9 Å². The summed E-state index contributed by atoms with van der Waals surface area (Å²) in [4.78, 5) is 14.9. The highest BCUT2D eigenvalue weighted by Gasteiger charge is 2.45. The number of nitriles is 1. The molecule has 3 aliphatic heterocycles. The quantitative estimate of drug-likeness (QED) is 0.360. The molecule has 3 unspecified atom stereocenters. The maximum Gasteiger partial charge on any atom is 0.135 e. The Hall–Kier alpha value is -2.72. The Balaban J connectivity index is 0.000000322. The molecule has 0 radical (unpaired) electrons. The van der Waals surface area contributed by atoms with Crippen molar-refractivity contribution in [2.75, 3.05) is 36.8 Å². The fourth-order valence-corrected chi connectivity index (χ4v) is 8.65. The number of anilines is 2. The highest BCUT2D eigenvalue weighted by molar-refractivity contribution is 5.62. The molecule has 0 amide bonds. The van der Waals surface area contributed by atoms with Gasteiger partial charge in [-0.3, -0.25) is 4.90 Å². The van der Waals surface area contributed by atoms with E-state index in [4.69, 9.17) is 15.7 Å². The second-order valence-electron chi connectivity index (χ2n) is 15.2. The third kappa shape index (κ3) is 6.91. The molecule has 2 N–H and O–H groups in total. The largest absolute Gasteiger partial charge is 0.398 e. The van der Waals surface area contributed by atoms with Crippen LogP contribution in [0.2, 0.25) is 0 Å². The topological polar surface area (TPSA) is 82.1 Å². The van der Waals surface area contributed by atoms with Crippen molar-refractivity contribution in [3.8, 4) is 6.07 Å². The number of halogens is 1. The van der Waals surface area contributed by atoms with Crippen LogP contribution in [0.25, 0.3) is 0 Å². The van der Waals surface area contributed by atoms with Gasteiger partial charge in [-0.2, -0.15) is 5.26 Å². The minimum Gasteiger partial charge on any atom is -0.398 e. The first-order chi connectivity index (χ1) is 20.9. The third-order valence-electron chi connectivity index (χ3n) is 10.7. The summed E-state index contributed by atoms with van der Waals surface area (Å²) in [6.45, 7) is 17.6. The summed E-state index contributed by atoms with van der Waals surface area (Å²) in [6.07, 6.45) is 11.1. The van der Waals surface area contributed by atoms with E-state index in [1.807, 2.05) is 6.07 Å². The number of nitrogens with zero attached hydrogens (tertiary/aromatic N) is 5. The highest BCUT2D eigenvalue weighted by Crippen LogP contribution is 2.42. The monoisotopic (exact) mass is 602 g/mol. The van der Waals surface area contributed by atoms with Gasteiger partial charge in [-0.25, -0.2) is 14.4 Å². The summed E-state index contributed by atoms with van der Waals surface area (Å²) in [5.41, 5.74) is 12.8. The number of rotatable bonds is 4. The number of hydrogen-bond acceptors (Lipinski definition) is 6. The van der Waals surface area contributed by atoms with E-state index in [2.05, 4.69) is 63.5 Å². The van der Waals surface area contributed by atoms with Crippen molar-refractivity contribution in [1.29, 1.82) is 5.26 Å². The molecule has 6 nitrogen and oxygen atoms in total. The van der Waals surface area contributed by atoms with Crippen molar-refractivity contribution in [1.82, 2.24) is 14.9 Å². The van der Waals surface area contributed by atoms with Crippen LogP contribution in [-0.2, 0) is 19.3 Å². The molecule has 0 bridgehead atoms. The van der Waals surface area contributed by atoms with Crippen molar-refractivity contribution < 1.29 is 4.39 Å². The van der Waals surface area contributed by atoms with Crippen LogP contribution in [0.3, 0.4) is 0 Å².